The molecule has 9 heteroatoms. The van der Waals surface area contributed by atoms with E-state index in [1.807, 2.05) is 46.2 Å². The van der Waals surface area contributed by atoms with Crippen molar-refractivity contribution in [3.8, 4) is 11.5 Å². The Labute approximate surface area is 273 Å². The Morgan fingerprint density at radius 2 is 1.57 bits per heavy atom. The topological polar surface area (TPSA) is 91.4 Å². The third-order valence-corrected chi connectivity index (χ3v) is 10.5. The van der Waals surface area contributed by atoms with Crippen molar-refractivity contribution < 1.29 is 23.9 Å². The van der Waals surface area contributed by atoms with Gasteiger partial charge in [-0.05, 0) is 73.6 Å². The summed E-state index contributed by atoms with van der Waals surface area (Å²) in [5.74, 6) is 2.18. The lowest BCUT2D eigenvalue weighted by atomic mass is 9.79. The van der Waals surface area contributed by atoms with Crippen LogP contribution in [0.1, 0.15) is 87.1 Å². The number of likely N-dealkylation sites (tertiary alicyclic amines) is 1. The molecule has 1 spiro atoms. The first-order chi connectivity index (χ1) is 22.4. The fraction of sp³-hybridized carbons (Fsp3) is 0.595. The summed E-state index contributed by atoms with van der Waals surface area (Å²) in [6.07, 6.45) is 10.1. The molecule has 2 aromatic carbocycles. The van der Waals surface area contributed by atoms with Crippen LogP contribution in [0.15, 0.2) is 48.5 Å². The van der Waals surface area contributed by atoms with Gasteiger partial charge in [0.1, 0.15) is 23.1 Å². The van der Waals surface area contributed by atoms with E-state index in [1.54, 1.807) is 0 Å². The van der Waals surface area contributed by atoms with Crippen molar-refractivity contribution in [2.24, 2.45) is 5.92 Å². The summed E-state index contributed by atoms with van der Waals surface area (Å²) < 4.78 is 11.4. The highest BCUT2D eigenvalue weighted by molar-refractivity contribution is 6.00. The van der Waals surface area contributed by atoms with Crippen molar-refractivity contribution in [2.75, 3.05) is 45.9 Å². The summed E-state index contributed by atoms with van der Waals surface area (Å²) in [5.41, 5.74) is 1.09. The minimum absolute atomic E-state index is 0.0195. The minimum Gasteiger partial charge on any atom is -0.457 e. The molecular formula is C37H50N4O5. The predicted molar refractivity (Wildman–Crippen MR) is 177 cm³/mol. The Bertz CT molecular complexity index is 1330. The smallest absolute Gasteiger partial charge is 0.254 e. The standard InChI is InChI=1S/C37H50N4O5/c1-2-3-19-41-35(43)33(26-28-7-5-4-6-8-28)38-36(44)37(41)17-20-39(21-18-37)27-29-9-13-31(14-10-29)46-32-15-11-30(12-16-32)34(42)40-22-24-45-25-23-40/h9-16,28,33H,2-8,17-27H2,1H3,(H,38,44)/t33-/m0/s1. The molecule has 1 aliphatic carbocycles. The molecule has 2 aromatic rings. The van der Waals surface area contributed by atoms with E-state index in [2.05, 4.69) is 29.3 Å². The van der Waals surface area contributed by atoms with E-state index in [0.717, 1.165) is 44.6 Å². The number of morpholine rings is 1. The van der Waals surface area contributed by atoms with Crippen molar-refractivity contribution in [3.05, 3.63) is 59.7 Å². The first-order valence-electron chi connectivity index (χ1n) is 17.5. The average Bonchev–Trinajstić information content (AvgIpc) is 3.10. The molecule has 248 valence electrons. The summed E-state index contributed by atoms with van der Waals surface area (Å²) in [6, 6.07) is 15.0. The zero-order valence-electron chi connectivity index (χ0n) is 27.4. The molecule has 1 atom stereocenters. The van der Waals surface area contributed by atoms with Gasteiger partial charge in [0.05, 0.1) is 13.2 Å². The monoisotopic (exact) mass is 630 g/mol. The molecule has 4 fully saturated rings. The van der Waals surface area contributed by atoms with Crippen LogP contribution in [0.4, 0.5) is 0 Å². The van der Waals surface area contributed by atoms with E-state index < -0.39 is 5.54 Å². The lowest BCUT2D eigenvalue weighted by Crippen LogP contribution is -2.73. The molecule has 3 saturated heterocycles. The van der Waals surface area contributed by atoms with Crippen molar-refractivity contribution >= 4 is 17.7 Å². The molecule has 3 aliphatic heterocycles. The van der Waals surface area contributed by atoms with Gasteiger partial charge in [-0.25, -0.2) is 0 Å². The van der Waals surface area contributed by atoms with Gasteiger partial charge in [0, 0.05) is 44.8 Å². The Hall–Kier alpha value is -3.43. The maximum atomic E-state index is 13.8. The van der Waals surface area contributed by atoms with Crippen molar-refractivity contribution in [1.29, 1.82) is 0 Å². The molecule has 4 aliphatic rings. The lowest BCUT2D eigenvalue weighted by Gasteiger charge is -2.52. The number of amides is 3. The molecule has 1 saturated carbocycles. The van der Waals surface area contributed by atoms with E-state index in [-0.39, 0.29) is 23.8 Å². The van der Waals surface area contributed by atoms with Crippen LogP contribution in [0.2, 0.25) is 0 Å². The minimum atomic E-state index is -0.730. The number of nitrogens with zero attached hydrogens (tertiary/aromatic N) is 3. The maximum absolute atomic E-state index is 13.8. The van der Waals surface area contributed by atoms with Crippen LogP contribution in [-0.2, 0) is 20.9 Å². The van der Waals surface area contributed by atoms with E-state index in [9.17, 15) is 14.4 Å². The number of carbonyl (C=O) groups excluding carboxylic acids is 3. The van der Waals surface area contributed by atoms with Crippen LogP contribution in [0.3, 0.4) is 0 Å². The van der Waals surface area contributed by atoms with E-state index in [0.29, 0.717) is 62.9 Å². The number of benzene rings is 2. The Balaban J connectivity index is 1.02. The fourth-order valence-electron chi connectivity index (χ4n) is 7.68. The summed E-state index contributed by atoms with van der Waals surface area (Å²) in [6.45, 7) is 7.53. The summed E-state index contributed by atoms with van der Waals surface area (Å²) >= 11 is 0. The predicted octanol–water partition coefficient (Wildman–Crippen LogP) is 5.38. The average molecular weight is 631 g/mol. The third kappa shape index (κ3) is 7.41. The zero-order valence-corrected chi connectivity index (χ0v) is 27.4. The van der Waals surface area contributed by atoms with Gasteiger partial charge in [-0.15, -0.1) is 0 Å². The van der Waals surface area contributed by atoms with Gasteiger partial charge in [-0.2, -0.15) is 0 Å². The molecule has 3 heterocycles. The number of rotatable bonds is 10. The third-order valence-electron chi connectivity index (χ3n) is 10.5. The van der Waals surface area contributed by atoms with Gasteiger partial charge >= 0.3 is 0 Å². The highest BCUT2D eigenvalue weighted by Gasteiger charge is 2.53. The van der Waals surface area contributed by atoms with Crippen molar-refractivity contribution in [2.45, 2.75) is 89.3 Å². The second-order valence-corrected chi connectivity index (χ2v) is 13.6. The second kappa shape index (κ2) is 15.0. The second-order valence-electron chi connectivity index (χ2n) is 13.6. The van der Waals surface area contributed by atoms with E-state index >= 15 is 0 Å². The van der Waals surface area contributed by atoms with Crippen LogP contribution < -0.4 is 10.1 Å². The first kappa shape index (κ1) is 32.5. The van der Waals surface area contributed by atoms with E-state index in [4.69, 9.17) is 9.47 Å². The van der Waals surface area contributed by atoms with Gasteiger partial charge in [0.25, 0.3) is 5.91 Å². The summed E-state index contributed by atoms with van der Waals surface area (Å²) in [7, 11) is 0. The normalized spacial score (nSPS) is 22.6. The van der Waals surface area contributed by atoms with Gasteiger partial charge in [0.2, 0.25) is 11.8 Å². The molecule has 0 unspecified atom stereocenters. The Kier molecular flexibility index (Phi) is 10.6. The highest BCUT2D eigenvalue weighted by atomic mass is 16.5. The van der Waals surface area contributed by atoms with Crippen LogP contribution >= 0.6 is 0 Å². The Morgan fingerprint density at radius 1 is 0.913 bits per heavy atom. The van der Waals surface area contributed by atoms with Gasteiger partial charge in [-0.1, -0.05) is 57.6 Å². The number of ether oxygens (including phenoxy) is 2. The van der Waals surface area contributed by atoms with Gasteiger partial charge in [0.15, 0.2) is 0 Å². The van der Waals surface area contributed by atoms with Gasteiger partial charge in [-0.3, -0.25) is 19.3 Å². The lowest BCUT2D eigenvalue weighted by molar-refractivity contribution is -0.162. The van der Waals surface area contributed by atoms with Gasteiger partial charge < -0.3 is 24.6 Å². The molecule has 0 radical (unpaired) electrons. The quantitative estimate of drug-likeness (QED) is 0.379. The largest absolute Gasteiger partial charge is 0.457 e. The first-order valence-corrected chi connectivity index (χ1v) is 17.5. The van der Waals surface area contributed by atoms with Crippen LogP contribution in [0, 0.1) is 5.92 Å². The number of carbonyl (C=O) groups is 3. The number of piperidine rings is 1. The van der Waals surface area contributed by atoms with Crippen LogP contribution in [0.5, 0.6) is 11.5 Å². The molecule has 9 nitrogen and oxygen atoms in total. The molecule has 0 aromatic heterocycles. The number of unbranched alkanes of at least 4 members (excludes halogenated alkanes) is 1. The SMILES string of the molecule is CCCCN1C(=O)[C@H](CC2CCCCC2)NC(=O)C12CCN(Cc1ccc(Oc3ccc(C(=O)N4CCOCC4)cc3)cc1)CC2. The van der Waals surface area contributed by atoms with Crippen LogP contribution in [0.25, 0.3) is 0 Å². The molecular weight excluding hydrogens is 580 g/mol. The number of hydrogen-bond acceptors (Lipinski definition) is 6. The molecule has 0 bridgehead atoms. The summed E-state index contributed by atoms with van der Waals surface area (Å²) in [5, 5.41) is 3.21. The number of piperazine rings is 1. The number of hydrogen-bond donors (Lipinski definition) is 1. The van der Waals surface area contributed by atoms with Crippen LogP contribution in [-0.4, -0.2) is 89.9 Å². The molecule has 1 N–H and O–H groups in total. The molecule has 6 rings (SSSR count). The number of nitrogens with one attached hydrogen (secondary N) is 1. The molecule has 46 heavy (non-hydrogen) atoms. The Morgan fingerprint density at radius 3 is 2.22 bits per heavy atom. The fourth-order valence-corrected chi connectivity index (χ4v) is 7.68. The maximum Gasteiger partial charge on any atom is 0.254 e. The van der Waals surface area contributed by atoms with Crippen molar-refractivity contribution in [3.63, 3.8) is 0 Å². The summed E-state index contributed by atoms with van der Waals surface area (Å²) in [4.78, 5) is 46.5. The highest BCUT2D eigenvalue weighted by Crippen LogP contribution is 2.36. The van der Waals surface area contributed by atoms with Crippen molar-refractivity contribution in [1.82, 2.24) is 20.0 Å². The zero-order chi connectivity index (χ0) is 31.9. The molecule has 3 amide bonds. The van der Waals surface area contributed by atoms with E-state index in [1.165, 1.54) is 37.7 Å².